The highest BCUT2D eigenvalue weighted by Gasteiger charge is 2.18. The van der Waals surface area contributed by atoms with Crippen molar-refractivity contribution in [2.45, 2.75) is 32.7 Å². The minimum atomic E-state index is -0.366. The molecule has 2 N–H and O–H groups in total. The topological polar surface area (TPSA) is 71.1 Å². The summed E-state index contributed by atoms with van der Waals surface area (Å²) in [6.45, 7) is 3.56. The van der Waals surface area contributed by atoms with Crippen molar-refractivity contribution < 1.29 is 9.59 Å². The Morgan fingerprint density at radius 2 is 1.92 bits per heavy atom. The number of nitrogens with zero attached hydrogens (tertiary/aromatic N) is 1. The third kappa shape index (κ3) is 4.46. The first-order valence-corrected chi connectivity index (χ1v) is 9.38. The Bertz CT molecular complexity index is 921. The molecule has 0 bridgehead atoms. The lowest BCUT2D eigenvalue weighted by molar-refractivity contribution is -0.120. The van der Waals surface area contributed by atoms with Crippen molar-refractivity contribution in [2.24, 2.45) is 0 Å². The van der Waals surface area contributed by atoms with Crippen LogP contribution in [0.4, 0.5) is 5.13 Å². The Hall–Kier alpha value is -2.73. The molecule has 6 heteroatoms. The van der Waals surface area contributed by atoms with E-state index in [9.17, 15) is 9.59 Å². The summed E-state index contributed by atoms with van der Waals surface area (Å²) in [5, 5.41) is 6.27. The van der Waals surface area contributed by atoms with Gasteiger partial charge in [-0.1, -0.05) is 54.7 Å². The number of anilines is 1. The second-order valence-electron chi connectivity index (χ2n) is 6.09. The molecule has 0 spiro atoms. The number of benzene rings is 2. The number of carbonyl (C=O) groups is 2. The molecule has 1 aromatic heterocycles. The van der Waals surface area contributed by atoms with E-state index < -0.39 is 0 Å². The minimum Gasteiger partial charge on any atom is -0.349 e. The van der Waals surface area contributed by atoms with Gasteiger partial charge in [0, 0.05) is 6.92 Å². The fourth-order valence-corrected chi connectivity index (χ4v) is 3.73. The van der Waals surface area contributed by atoms with Crippen molar-refractivity contribution >= 4 is 38.5 Å². The van der Waals surface area contributed by atoms with Gasteiger partial charge in [-0.3, -0.25) is 9.59 Å². The molecule has 1 atom stereocenters. The molecular formula is C20H21N3O2S. The van der Waals surface area contributed by atoms with Gasteiger partial charge in [-0.05, 0) is 29.7 Å². The fourth-order valence-electron chi connectivity index (χ4n) is 2.78. The van der Waals surface area contributed by atoms with Gasteiger partial charge < -0.3 is 10.6 Å². The van der Waals surface area contributed by atoms with Crippen LogP contribution in [0.25, 0.3) is 10.2 Å². The molecule has 134 valence electrons. The molecule has 0 radical (unpaired) electrons. The number of nitrogens with one attached hydrogen (secondary N) is 2. The second-order valence-corrected chi connectivity index (χ2v) is 7.12. The number of carbonyl (C=O) groups excluding carboxylic acids is 2. The van der Waals surface area contributed by atoms with Crippen LogP contribution < -0.4 is 10.6 Å². The maximum atomic E-state index is 12.5. The number of hydrogen-bond acceptors (Lipinski definition) is 4. The molecular weight excluding hydrogens is 346 g/mol. The molecule has 0 aliphatic rings. The molecule has 0 aliphatic heterocycles. The zero-order valence-electron chi connectivity index (χ0n) is 14.8. The lowest BCUT2D eigenvalue weighted by Crippen LogP contribution is -2.29. The molecule has 0 aliphatic carbocycles. The van der Waals surface area contributed by atoms with Crippen LogP contribution in [-0.2, 0) is 16.0 Å². The number of fused-ring (bicyclic) bond motifs is 1. The van der Waals surface area contributed by atoms with Gasteiger partial charge in [0.25, 0.3) is 0 Å². The van der Waals surface area contributed by atoms with Crippen molar-refractivity contribution in [3.8, 4) is 0 Å². The zero-order valence-corrected chi connectivity index (χ0v) is 15.6. The van der Waals surface area contributed by atoms with Crippen molar-refractivity contribution in [3.05, 3.63) is 59.7 Å². The number of rotatable bonds is 6. The Morgan fingerprint density at radius 1 is 1.15 bits per heavy atom. The summed E-state index contributed by atoms with van der Waals surface area (Å²) in [4.78, 5) is 28.4. The lowest BCUT2D eigenvalue weighted by Gasteiger charge is -2.17. The second kappa shape index (κ2) is 8.10. The number of aryl methyl sites for hydroxylation is 1. The summed E-state index contributed by atoms with van der Waals surface area (Å²) < 4.78 is 1.06. The average molecular weight is 367 g/mol. The van der Waals surface area contributed by atoms with Gasteiger partial charge in [0.2, 0.25) is 11.8 Å². The Morgan fingerprint density at radius 3 is 2.62 bits per heavy atom. The number of amides is 2. The largest absolute Gasteiger partial charge is 0.349 e. The van der Waals surface area contributed by atoms with Gasteiger partial charge in [0.05, 0.1) is 22.7 Å². The first-order chi connectivity index (χ1) is 12.5. The van der Waals surface area contributed by atoms with E-state index in [2.05, 4.69) is 34.7 Å². The van der Waals surface area contributed by atoms with E-state index in [0.29, 0.717) is 5.13 Å². The van der Waals surface area contributed by atoms with Crippen LogP contribution in [0.2, 0.25) is 0 Å². The molecule has 2 aromatic carbocycles. The van der Waals surface area contributed by atoms with Crippen molar-refractivity contribution in [2.75, 3.05) is 5.32 Å². The maximum absolute atomic E-state index is 12.5. The van der Waals surface area contributed by atoms with Crippen molar-refractivity contribution in [1.82, 2.24) is 10.3 Å². The van der Waals surface area contributed by atoms with E-state index in [0.717, 1.165) is 22.2 Å². The van der Waals surface area contributed by atoms with E-state index in [-0.39, 0.29) is 24.3 Å². The highest BCUT2D eigenvalue weighted by molar-refractivity contribution is 7.22. The molecule has 1 heterocycles. The van der Waals surface area contributed by atoms with Gasteiger partial charge in [-0.2, -0.15) is 0 Å². The first kappa shape index (κ1) is 18.1. The third-order valence-electron chi connectivity index (χ3n) is 4.08. The van der Waals surface area contributed by atoms with Crippen LogP contribution in [0.1, 0.15) is 37.4 Å². The van der Waals surface area contributed by atoms with Crippen LogP contribution in [0.3, 0.4) is 0 Å². The van der Waals surface area contributed by atoms with Crippen molar-refractivity contribution in [3.63, 3.8) is 0 Å². The summed E-state index contributed by atoms with van der Waals surface area (Å²) in [7, 11) is 0. The van der Waals surface area contributed by atoms with Gasteiger partial charge in [0.1, 0.15) is 0 Å². The maximum Gasteiger partial charge on any atom is 0.228 e. The van der Waals surface area contributed by atoms with Crippen LogP contribution >= 0.6 is 11.3 Å². The van der Waals surface area contributed by atoms with E-state index in [1.165, 1.54) is 23.8 Å². The van der Waals surface area contributed by atoms with Gasteiger partial charge >= 0.3 is 0 Å². The molecule has 0 saturated carbocycles. The van der Waals surface area contributed by atoms with Gasteiger partial charge in [0.15, 0.2) is 5.13 Å². The highest BCUT2D eigenvalue weighted by atomic mass is 32.1. The van der Waals surface area contributed by atoms with E-state index >= 15 is 0 Å². The average Bonchev–Trinajstić information content (AvgIpc) is 3.02. The summed E-state index contributed by atoms with van der Waals surface area (Å²) in [6.07, 6.45) is 1.12. The lowest BCUT2D eigenvalue weighted by atomic mass is 10.0. The predicted octanol–water partition coefficient (Wildman–Crippen LogP) is 4.06. The van der Waals surface area contributed by atoms with E-state index in [1.54, 1.807) is 0 Å². The Labute approximate surface area is 156 Å². The summed E-state index contributed by atoms with van der Waals surface area (Å²) in [5.74, 6) is -0.346. The Balaban J connectivity index is 1.72. The highest BCUT2D eigenvalue weighted by Crippen LogP contribution is 2.27. The van der Waals surface area contributed by atoms with Crippen LogP contribution in [0.5, 0.6) is 0 Å². The molecule has 26 heavy (non-hydrogen) atoms. The van der Waals surface area contributed by atoms with E-state index in [1.807, 2.05) is 36.4 Å². The monoisotopic (exact) mass is 367 g/mol. The number of aromatic nitrogens is 1. The summed E-state index contributed by atoms with van der Waals surface area (Å²) in [5.41, 5.74) is 3.02. The predicted molar refractivity (Wildman–Crippen MR) is 105 cm³/mol. The normalized spacial score (nSPS) is 11.9. The summed E-state index contributed by atoms with van der Waals surface area (Å²) >= 11 is 1.46. The van der Waals surface area contributed by atoms with Crippen LogP contribution in [-0.4, -0.2) is 16.8 Å². The van der Waals surface area contributed by atoms with Crippen LogP contribution in [0.15, 0.2) is 48.5 Å². The fraction of sp³-hybridized carbons (Fsp3) is 0.250. The molecule has 2 amide bonds. The van der Waals surface area contributed by atoms with Crippen molar-refractivity contribution in [1.29, 1.82) is 0 Å². The SMILES string of the molecule is CCc1ccc2nc(NC(=O)C[C@H](NC(C)=O)c3ccccc3)sc2c1. The Kier molecular flexibility index (Phi) is 5.63. The molecule has 0 saturated heterocycles. The third-order valence-corrected chi connectivity index (χ3v) is 5.01. The summed E-state index contributed by atoms with van der Waals surface area (Å²) in [6, 6.07) is 15.2. The standard InChI is InChI=1S/C20H21N3O2S/c1-3-14-9-10-16-18(11-14)26-20(22-16)23-19(25)12-17(21-13(2)24)15-7-5-4-6-8-15/h4-11,17H,3,12H2,1-2H3,(H,21,24)(H,22,23,25)/t17-/m0/s1. The number of thiazole rings is 1. The molecule has 0 unspecified atom stereocenters. The quantitative estimate of drug-likeness (QED) is 0.690. The number of hydrogen-bond donors (Lipinski definition) is 2. The molecule has 0 fully saturated rings. The van der Waals surface area contributed by atoms with Gasteiger partial charge in [-0.15, -0.1) is 0 Å². The van der Waals surface area contributed by atoms with Crippen LogP contribution in [0, 0.1) is 0 Å². The first-order valence-electron chi connectivity index (χ1n) is 8.56. The molecule has 5 nitrogen and oxygen atoms in total. The van der Waals surface area contributed by atoms with E-state index in [4.69, 9.17) is 0 Å². The zero-order chi connectivity index (χ0) is 18.5. The minimum absolute atomic E-state index is 0.153. The molecule has 3 rings (SSSR count). The van der Waals surface area contributed by atoms with Gasteiger partial charge in [-0.25, -0.2) is 4.98 Å². The molecule has 3 aromatic rings. The smallest absolute Gasteiger partial charge is 0.228 e.